The largest absolute Gasteiger partial charge is 0.491 e. The fraction of sp³-hybridized carbons (Fsp3) is 0.292. The molecule has 1 aromatic heterocycles. The van der Waals surface area contributed by atoms with Crippen LogP contribution in [0.4, 0.5) is 5.95 Å². The van der Waals surface area contributed by atoms with Gasteiger partial charge < -0.3 is 4.74 Å². The highest BCUT2D eigenvalue weighted by atomic mass is 16.5. The number of aromatic amines is 1. The van der Waals surface area contributed by atoms with Crippen molar-refractivity contribution in [2.75, 3.05) is 12.0 Å². The van der Waals surface area contributed by atoms with Crippen LogP contribution in [0.25, 0.3) is 0 Å². The van der Waals surface area contributed by atoms with Gasteiger partial charge in [0.25, 0.3) is 5.56 Å². The second kappa shape index (κ2) is 9.57. The first-order chi connectivity index (χ1) is 15.1. The van der Waals surface area contributed by atoms with E-state index in [1.54, 1.807) is 6.21 Å². The van der Waals surface area contributed by atoms with Gasteiger partial charge in [0.1, 0.15) is 5.75 Å². The number of benzene rings is 2. The Morgan fingerprint density at radius 1 is 1.23 bits per heavy atom. The van der Waals surface area contributed by atoms with Crippen molar-refractivity contribution in [3.8, 4) is 5.75 Å². The minimum Gasteiger partial charge on any atom is -0.491 e. The fourth-order valence-corrected chi connectivity index (χ4v) is 3.62. The molecule has 0 aliphatic carbocycles. The summed E-state index contributed by atoms with van der Waals surface area (Å²) in [7, 11) is 0. The molecule has 7 heteroatoms. The van der Waals surface area contributed by atoms with E-state index in [4.69, 9.17) is 4.74 Å². The van der Waals surface area contributed by atoms with Crippen molar-refractivity contribution in [2.45, 2.75) is 39.5 Å². The number of nitrogens with one attached hydrogen (secondary N) is 2. The number of fused-ring (bicyclic) bond motifs is 1. The predicted octanol–water partition coefficient (Wildman–Crippen LogP) is 3.56. The van der Waals surface area contributed by atoms with Crippen LogP contribution >= 0.6 is 0 Å². The van der Waals surface area contributed by atoms with Crippen LogP contribution in [0.3, 0.4) is 0 Å². The first-order valence-electron chi connectivity index (χ1n) is 10.5. The van der Waals surface area contributed by atoms with Gasteiger partial charge in [0.15, 0.2) is 0 Å². The summed E-state index contributed by atoms with van der Waals surface area (Å²) in [5.41, 5.74) is 6.42. The van der Waals surface area contributed by atoms with E-state index in [1.165, 1.54) is 5.56 Å². The molecule has 0 spiro atoms. The first kappa shape index (κ1) is 20.8. The maximum atomic E-state index is 12.6. The lowest BCUT2D eigenvalue weighted by Crippen LogP contribution is -2.35. The molecule has 1 aliphatic heterocycles. The van der Waals surface area contributed by atoms with Crippen LogP contribution < -0.4 is 15.7 Å². The van der Waals surface area contributed by atoms with Crippen LogP contribution in [-0.4, -0.2) is 33.7 Å². The van der Waals surface area contributed by atoms with Gasteiger partial charge in [0, 0.05) is 26.1 Å². The highest BCUT2D eigenvalue weighted by Crippen LogP contribution is 2.17. The number of rotatable bonds is 7. The third-order valence-electron chi connectivity index (χ3n) is 5.01. The smallest absolute Gasteiger partial charge is 0.257 e. The van der Waals surface area contributed by atoms with Crippen LogP contribution in [-0.2, 0) is 19.5 Å². The van der Waals surface area contributed by atoms with Gasteiger partial charge in [0.2, 0.25) is 5.95 Å². The van der Waals surface area contributed by atoms with Crippen molar-refractivity contribution in [1.29, 1.82) is 0 Å². The number of hydrazone groups is 1. The Balaban J connectivity index is 1.41. The molecule has 160 valence electrons. The topological polar surface area (TPSA) is 82.6 Å². The molecule has 2 heterocycles. The molecule has 3 aromatic rings. The summed E-state index contributed by atoms with van der Waals surface area (Å²) in [6.45, 7) is 6.26. The van der Waals surface area contributed by atoms with Gasteiger partial charge in [-0.05, 0) is 37.1 Å². The molecule has 2 aromatic carbocycles. The fourth-order valence-electron chi connectivity index (χ4n) is 3.62. The maximum absolute atomic E-state index is 12.6. The average molecular weight is 418 g/mol. The normalized spacial score (nSPS) is 14.0. The molecular weight excluding hydrogens is 390 g/mol. The second-order valence-corrected chi connectivity index (χ2v) is 7.90. The average Bonchev–Trinajstić information content (AvgIpc) is 2.75. The summed E-state index contributed by atoms with van der Waals surface area (Å²) in [6.07, 6.45) is 2.52. The number of hydrogen-bond acceptors (Lipinski definition) is 6. The van der Waals surface area contributed by atoms with E-state index in [0.717, 1.165) is 42.1 Å². The van der Waals surface area contributed by atoms with E-state index < -0.39 is 0 Å². The molecule has 2 N–H and O–H groups in total. The Morgan fingerprint density at radius 3 is 2.87 bits per heavy atom. The van der Waals surface area contributed by atoms with Crippen molar-refractivity contribution in [1.82, 2.24) is 14.9 Å². The van der Waals surface area contributed by atoms with Crippen molar-refractivity contribution in [3.63, 3.8) is 0 Å². The van der Waals surface area contributed by atoms with Crippen molar-refractivity contribution in [3.05, 3.63) is 87.3 Å². The van der Waals surface area contributed by atoms with Gasteiger partial charge in [-0.3, -0.25) is 14.7 Å². The molecule has 0 saturated carbocycles. The Hall–Kier alpha value is -3.45. The van der Waals surface area contributed by atoms with Crippen LogP contribution in [0.2, 0.25) is 0 Å². The van der Waals surface area contributed by atoms with Crippen LogP contribution in [0, 0.1) is 0 Å². The monoisotopic (exact) mass is 417 g/mol. The van der Waals surface area contributed by atoms with E-state index in [0.29, 0.717) is 12.5 Å². The van der Waals surface area contributed by atoms with E-state index in [1.807, 2.05) is 56.3 Å². The number of nitrogens with zero attached hydrogens (tertiary/aromatic N) is 3. The number of ether oxygens (including phenoxy) is 1. The summed E-state index contributed by atoms with van der Waals surface area (Å²) < 4.78 is 5.70. The first-order valence-corrected chi connectivity index (χ1v) is 10.5. The Labute approximate surface area is 181 Å². The van der Waals surface area contributed by atoms with Gasteiger partial charge in [-0.2, -0.15) is 5.10 Å². The number of H-pyrrole nitrogens is 1. The molecular formula is C24H27N5O2. The molecule has 0 bridgehead atoms. The number of anilines is 1. The molecule has 0 amide bonds. The van der Waals surface area contributed by atoms with Gasteiger partial charge in [-0.15, -0.1) is 0 Å². The molecule has 4 rings (SSSR count). The molecule has 0 fully saturated rings. The minimum absolute atomic E-state index is 0.110. The zero-order valence-corrected chi connectivity index (χ0v) is 17.8. The standard InChI is InChI=1S/C24H27N5O2/c1-17(2)31-20-10-6-9-19(13-20)14-25-28-24-26-22-11-12-29(16-21(22)23(30)27-24)15-18-7-4-3-5-8-18/h3-10,13-14,17H,11-12,15-16H2,1-2H3,(H2,26,27,28,30)/b25-14-. The third-order valence-corrected chi connectivity index (χ3v) is 5.01. The minimum atomic E-state index is -0.118. The van der Waals surface area contributed by atoms with Gasteiger partial charge in [-0.25, -0.2) is 10.4 Å². The van der Waals surface area contributed by atoms with Crippen molar-refractivity contribution in [2.24, 2.45) is 5.10 Å². The lowest BCUT2D eigenvalue weighted by molar-refractivity contribution is 0.242. The SMILES string of the molecule is CC(C)Oc1cccc(/C=N\Nc2nc3c(c(=O)[nH]2)CN(Cc2ccccc2)CC3)c1. The zero-order chi connectivity index (χ0) is 21.6. The predicted molar refractivity (Wildman–Crippen MR) is 123 cm³/mol. The summed E-state index contributed by atoms with van der Waals surface area (Å²) in [4.78, 5) is 22.3. The van der Waals surface area contributed by atoms with Gasteiger partial charge in [0.05, 0.1) is 23.6 Å². The Kier molecular flexibility index (Phi) is 6.43. The Bertz CT molecular complexity index is 1110. The van der Waals surface area contributed by atoms with Crippen LogP contribution in [0.15, 0.2) is 64.5 Å². The molecule has 31 heavy (non-hydrogen) atoms. The number of aromatic nitrogens is 2. The summed E-state index contributed by atoms with van der Waals surface area (Å²) >= 11 is 0. The Morgan fingerprint density at radius 2 is 2.06 bits per heavy atom. The molecule has 0 atom stereocenters. The van der Waals surface area contributed by atoms with E-state index in [2.05, 4.69) is 37.5 Å². The summed E-state index contributed by atoms with van der Waals surface area (Å²) in [5, 5.41) is 4.22. The molecule has 0 unspecified atom stereocenters. The van der Waals surface area contributed by atoms with Crippen molar-refractivity contribution < 1.29 is 4.74 Å². The summed E-state index contributed by atoms with van der Waals surface area (Å²) in [6, 6.07) is 18.0. The lowest BCUT2D eigenvalue weighted by Gasteiger charge is -2.27. The van der Waals surface area contributed by atoms with E-state index in [9.17, 15) is 4.79 Å². The quantitative estimate of drug-likeness (QED) is 0.454. The molecule has 7 nitrogen and oxygen atoms in total. The maximum Gasteiger partial charge on any atom is 0.257 e. The third kappa shape index (κ3) is 5.58. The second-order valence-electron chi connectivity index (χ2n) is 7.90. The molecule has 0 radical (unpaired) electrons. The number of hydrogen-bond donors (Lipinski definition) is 2. The van der Waals surface area contributed by atoms with Crippen molar-refractivity contribution >= 4 is 12.2 Å². The van der Waals surface area contributed by atoms with E-state index >= 15 is 0 Å². The van der Waals surface area contributed by atoms with Gasteiger partial charge in [-0.1, -0.05) is 42.5 Å². The van der Waals surface area contributed by atoms with Crippen LogP contribution in [0.1, 0.15) is 36.2 Å². The van der Waals surface area contributed by atoms with Crippen LogP contribution in [0.5, 0.6) is 5.75 Å². The van der Waals surface area contributed by atoms with Gasteiger partial charge >= 0.3 is 0 Å². The lowest BCUT2D eigenvalue weighted by atomic mass is 10.1. The summed E-state index contributed by atoms with van der Waals surface area (Å²) in [5.74, 6) is 1.14. The highest BCUT2D eigenvalue weighted by molar-refractivity contribution is 5.80. The molecule has 0 saturated heterocycles. The molecule has 1 aliphatic rings. The highest BCUT2D eigenvalue weighted by Gasteiger charge is 2.21. The zero-order valence-electron chi connectivity index (χ0n) is 17.8. The van der Waals surface area contributed by atoms with E-state index in [-0.39, 0.29) is 11.7 Å².